The highest BCUT2D eigenvalue weighted by Gasteiger charge is 2.34. The van der Waals surface area contributed by atoms with Gasteiger partial charge in [0.1, 0.15) is 11.6 Å². The van der Waals surface area contributed by atoms with Crippen LogP contribution in [0, 0.1) is 5.92 Å². The standard InChI is InChI=1S/C13H20N4O2S/c1-2-20(18,19)17-8-10(9-17)7-15-12-5-6-14-13(16-12)11-3-4-11/h5-6,10-11H,2-4,7-9H2,1H3,(H,14,15,16). The van der Waals surface area contributed by atoms with Crippen molar-refractivity contribution in [2.45, 2.75) is 25.7 Å². The molecule has 1 N–H and O–H groups in total. The summed E-state index contributed by atoms with van der Waals surface area (Å²) in [7, 11) is -3.01. The van der Waals surface area contributed by atoms with Gasteiger partial charge in [0.05, 0.1) is 5.75 Å². The normalized spacial score (nSPS) is 20.6. The van der Waals surface area contributed by atoms with Crippen LogP contribution < -0.4 is 5.32 Å². The van der Waals surface area contributed by atoms with Crippen LogP contribution in [0.15, 0.2) is 12.3 Å². The van der Waals surface area contributed by atoms with Crippen LogP contribution in [0.3, 0.4) is 0 Å². The number of anilines is 1. The molecule has 0 unspecified atom stereocenters. The Hall–Kier alpha value is -1.21. The van der Waals surface area contributed by atoms with Crippen molar-refractivity contribution in [2.24, 2.45) is 5.92 Å². The van der Waals surface area contributed by atoms with Gasteiger partial charge in [-0.3, -0.25) is 0 Å². The molecule has 0 radical (unpaired) electrons. The van der Waals surface area contributed by atoms with E-state index in [-0.39, 0.29) is 5.75 Å². The molecule has 3 rings (SSSR count). The van der Waals surface area contributed by atoms with Crippen LogP contribution >= 0.6 is 0 Å². The van der Waals surface area contributed by atoms with Crippen LogP contribution in [-0.4, -0.2) is 48.1 Å². The zero-order valence-corrected chi connectivity index (χ0v) is 12.4. The number of nitrogens with zero attached hydrogens (tertiary/aromatic N) is 3. The summed E-state index contributed by atoms with van der Waals surface area (Å²) in [6.45, 7) is 3.67. The van der Waals surface area contributed by atoms with Gasteiger partial charge in [-0.2, -0.15) is 0 Å². The van der Waals surface area contributed by atoms with E-state index in [0.717, 1.165) is 18.2 Å². The second kappa shape index (κ2) is 5.29. The maximum absolute atomic E-state index is 11.6. The molecule has 2 aliphatic rings. The Bertz CT molecular complexity index is 580. The van der Waals surface area contributed by atoms with E-state index in [1.165, 1.54) is 12.8 Å². The molecule has 6 nitrogen and oxygen atoms in total. The van der Waals surface area contributed by atoms with E-state index in [4.69, 9.17) is 0 Å². The van der Waals surface area contributed by atoms with Crippen LogP contribution in [-0.2, 0) is 10.0 Å². The lowest BCUT2D eigenvalue weighted by Gasteiger charge is -2.38. The van der Waals surface area contributed by atoms with Crippen LogP contribution in [0.1, 0.15) is 31.5 Å². The third-order valence-electron chi connectivity index (χ3n) is 3.87. The van der Waals surface area contributed by atoms with Gasteiger partial charge in [-0.05, 0) is 25.8 Å². The third-order valence-corrected chi connectivity index (χ3v) is 5.68. The average Bonchev–Trinajstić information content (AvgIpc) is 3.21. The molecule has 2 fully saturated rings. The monoisotopic (exact) mass is 296 g/mol. The minimum absolute atomic E-state index is 0.184. The lowest BCUT2D eigenvalue weighted by atomic mass is 10.0. The van der Waals surface area contributed by atoms with E-state index in [2.05, 4.69) is 15.3 Å². The molecule has 0 aromatic carbocycles. The van der Waals surface area contributed by atoms with Crippen molar-refractivity contribution in [3.63, 3.8) is 0 Å². The summed E-state index contributed by atoms with van der Waals surface area (Å²) in [5, 5.41) is 3.29. The lowest BCUT2D eigenvalue weighted by Crippen LogP contribution is -2.52. The van der Waals surface area contributed by atoms with Crippen molar-refractivity contribution >= 4 is 15.8 Å². The first-order valence-corrected chi connectivity index (χ1v) is 8.74. The topological polar surface area (TPSA) is 75.2 Å². The predicted molar refractivity (Wildman–Crippen MR) is 77.0 cm³/mol. The quantitative estimate of drug-likeness (QED) is 0.849. The minimum atomic E-state index is -3.01. The summed E-state index contributed by atoms with van der Waals surface area (Å²) in [5.41, 5.74) is 0. The molecule has 1 aliphatic carbocycles. The molecule has 1 saturated carbocycles. The smallest absolute Gasteiger partial charge is 0.213 e. The molecule has 110 valence electrons. The number of hydrogen-bond donors (Lipinski definition) is 1. The molecule has 1 aromatic rings. The first-order chi connectivity index (χ1) is 9.58. The van der Waals surface area contributed by atoms with Crippen LogP contribution in [0.4, 0.5) is 5.82 Å². The molecule has 0 bridgehead atoms. The van der Waals surface area contributed by atoms with Crippen LogP contribution in [0.2, 0.25) is 0 Å². The van der Waals surface area contributed by atoms with Gasteiger partial charge in [0.25, 0.3) is 0 Å². The first-order valence-electron chi connectivity index (χ1n) is 7.13. The van der Waals surface area contributed by atoms with E-state index in [1.54, 1.807) is 17.4 Å². The van der Waals surface area contributed by atoms with Crippen LogP contribution in [0.5, 0.6) is 0 Å². The molecule has 1 aliphatic heterocycles. The third kappa shape index (κ3) is 2.93. The van der Waals surface area contributed by atoms with Gasteiger partial charge in [0.15, 0.2) is 0 Å². The molecule has 1 aromatic heterocycles. The number of sulfonamides is 1. The van der Waals surface area contributed by atoms with Crippen LogP contribution in [0.25, 0.3) is 0 Å². The summed E-state index contributed by atoms with van der Waals surface area (Å²) >= 11 is 0. The lowest BCUT2D eigenvalue weighted by molar-refractivity contribution is 0.212. The van der Waals surface area contributed by atoms with Crippen molar-refractivity contribution in [1.82, 2.24) is 14.3 Å². The molecular formula is C13H20N4O2S. The second-order valence-corrected chi connectivity index (χ2v) is 7.80. The maximum atomic E-state index is 11.6. The predicted octanol–water partition coefficient (Wildman–Crippen LogP) is 1.05. The highest BCUT2D eigenvalue weighted by Crippen LogP contribution is 2.38. The fourth-order valence-electron chi connectivity index (χ4n) is 2.32. The molecule has 20 heavy (non-hydrogen) atoms. The zero-order valence-electron chi connectivity index (χ0n) is 11.6. The summed E-state index contributed by atoms with van der Waals surface area (Å²) < 4.78 is 24.8. The van der Waals surface area contributed by atoms with Gasteiger partial charge in [-0.1, -0.05) is 0 Å². The largest absolute Gasteiger partial charge is 0.370 e. The fourth-order valence-corrected chi connectivity index (χ4v) is 3.56. The van der Waals surface area contributed by atoms with Crippen molar-refractivity contribution in [3.8, 4) is 0 Å². The highest BCUT2D eigenvalue weighted by atomic mass is 32.2. The molecule has 0 atom stereocenters. The first kappa shape index (κ1) is 13.8. The van der Waals surface area contributed by atoms with Gasteiger partial charge in [-0.25, -0.2) is 22.7 Å². The van der Waals surface area contributed by atoms with Gasteiger partial charge < -0.3 is 5.32 Å². The second-order valence-electron chi connectivity index (χ2n) is 5.54. The molecule has 1 saturated heterocycles. The van der Waals surface area contributed by atoms with Gasteiger partial charge >= 0.3 is 0 Å². The van der Waals surface area contributed by atoms with E-state index < -0.39 is 10.0 Å². The van der Waals surface area contributed by atoms with Crippen molar-refractivity contribution in [3.05, 3.63) is 18.1 Å². The minimum Gasteiger partial charge on any atom is -0.370 e. The van der Waals surface area contributed by atoms with Crippen molar-refractivity contribution in [2.75, 3.05) is 30.7 Å². The zero-order chi connectivity index (χ0) is 14.2. The molecule has 0 spiro atoms. The van der Waals surface area contributed by atoms with E-state index in [0.29, 0.717) is 24.9 Å². The number of rotatable bonds is 6. The van der Waals surface area contributed by atoms with E-state index >= 15 is 0 Å². The van der Waals surface area contributed by atoms with E-state index in [1.807, 2.05) is 6.07 Å². The highest BCUT2D eigenvalue weighted by molar-refractivity contribution is 7.89. The van der Waals surface area contributed by atoms with Crippen molar-refractivity contribution < 1.29 is 8.42 Å². The molecule has 0 amide bonds. The molecule has 7 heteroatoms. The maximum Gasteiger partial charge on any atom is 0.213 e. The Balaban J connectivity index is 1.48. The summed E-state index contributed by atoms with van der Waals surface area (Å²) in [5.74, 6) is 2.88. The Morgan fingerprint density at radius 1 is 1.40 bits per heavy atom. The Labute approximate surface area is 119 Å². The fraction of sp³-hybridized carbons (Fsp3) is 0.692. The van der Waals surface area contributed by atoms with Crippen molar-refractivity contribution in [1.29, 1.82) is 0 Å². The average molecular weight is 296 g/mol. The van der Waals surface area contributed by atoms with Gasteiger partial charge in [0, 0.05) is 37.7 Å². The molecule has 2 heterocycles. The number of nitrogens with one attached hydrogen (secondary N) is 1. The Kier molecular flexibility index (Phi) is 3.64. The summed E-state index contributed by atoms with van der Waals surface area (Å²) in [4.78, 5) is 8.77. The Morgan fingerprint density at radius 3 is 2.80 bits per heavy atom. The summed E-state index contributed by atoms with van der Waals surface area (Å²) in [6, 6.07) is 1.87. The Morgan fingerprint density at radius 2 is 2.15 bits per heavy atom. The summed E-state index contributed by atoms with van der Waals surface area (Å²) in [6.07, 6.45) is 4.17. The number of hydrogen-bond acceptors (Lipinski definition) is 5. The van der Waals surface area contributed by atoms with Gasteiger partial charge in [-0.15, -0.1) is 0 Å². The van der Waals surface area contributed by atoms with Gasteiger partial charge in [0.2, 0.25) is 10.0 Å². The SMILES string of the molecule is CCS(=O)(=O)N1CC(CNc2ccnc(C3CC3)n2)C1. The van der Waals surface area contributed by atoms with E-state index in [9.17, 15) is 8.42 Å². The molecular weight excluding hydrogens is 276 g/mol. The number of aromatic nitrogens is 2.